The first kappa shape index (κ1) is 23.6. The molecule has 1 unspecified atom stereocenters. The zero-order valence-electron chi connectivity index (χ0n) is 16.3. The van der Waals surface area contributed by atoms with Gasteiger partial charge in [-0.2, -0.15) is 13.2 Å². The monoisotopic (exact) mass is 436 g/mol. The summed E-state index contributed by atoms with van der Waals surface area (Å²) in [6, 6.07) is 15.6. The van der Waals surface area contributed by atoms with Gasteiger partial charge in [-0.25, -0.2) is 9.59 Å². The smallest absolute Gasteiger partial charge is 0.475 e. The van der Waals surface area contributed by atoms with Gasteiger partial charge in [-0.15, -0.1) is 0 Å². The Labute approximate surface area is 174 Å². The van der Waals surface area contributed by atoms with Gasteiger partial charge in [0.15, 0.2) is 0 Å². The highest BCUT2D eigenvalue weighted by atomic mass is 19.4. The summed E-state index contributed by atoms with van der Waals surface area (Å²) in [5.41, 5.74) is 8.38. The molecule has 0 radical (unpaired) electrons. The molecule has 2 aromatic carbocycles. The van der Waals surface area contributed by atoms with Crippen molar-refractivity contribution >= 4 is 28.5 Å². The van der Waals surface area contributed by atoms with Crippen molar-refractivity contribution in [2.75, 3.05) is 5.32 Å². The van der Waals surface area contributed by atoms with E-state index in [0.29, 0.717) is 17.7 Å². The fourth-order valence-electron chi connectivity index (χ4n) is 2.60. The molecule has 3 rings (SSSR count). The maximum Gasteiger partial charge on any atom is 0.490 e. The Hall–Kier alpha value is -3.66. The van der Waals surface area contributed by atoms with Gasteiger partial charge in [0.1, 0.15) is 5.58 Å². The summed E-state index contributed by atoms with van der Waals surface area (Å²) in [4.78, 5) is 32.6. The number of aryl methyl sites for hydroxylation is 1. The predicted octanol–water partition coefficient (Wildman–Crippen LogP) is 3.24. The Morgan fingerprint density at radius 2 is 1.74 bits per heavy atom. The van der Waals surface area contributed by atoms with E-state index in [1.807, 2.05) is 43.3 Å². The lowest BCUT2D eigenvalue weighted by atomic mass is 10.1. The normalized spacial score (nSPS) is 11.9. The third-order valence-corrected chi connectivity index (χ3v) is 4.10. The average Bonchev–Trinajstić information content (AvgIpc) is 2.68. The summed E-state index contributed by atoms with van der Waals surface area (Å²) < 4.78 is 36.9. The molecule has 1 amide bonds. The molecule has 0 aliphatic carbocycles. The molecule has 31 heavy (non-hydrogen) atoms. The Bertz CT molecular complexity index is 1130. The summed E-state index contributed by atoms with van der Waals surface area (Å²) in [6.45, 7) is 1.84. The maximum atomic E-state index is 12.3. The van der Waals surface area contributed by atoms with Crippen molar-refractivity contribution in [1.82, 2.24) is 0 Å². The Morgan fingerprint density at radius 1 is 1.13 bits per heavy atom. The minimum Gasteiger partial charge on any atom is -0.475 e. The molecule has 1 atom stereocenters. The summed E-state index contributed by atoms with van der Waals surface area (Å²) in [5.74, 6) is -3.04. The van der Waals surface area contributed by atoms with E-state index in [0.717, 1.165) is 16.5 Å². The number of halogens is 3. The molecule has 10 heteroatoms. The molecule has 0 saturated carbocycles. The second-order valence-corrected chi connectivity index (χ2v) is 6.55. The molecule has 0 bridgehead atoms. The maximum absolute atomic E-state index is 12.3. The largest absolute Gasteiger partial charge is 0.490 e. The number of amides is 1. The van der Waals surface area contributed by atoms with Gasteiger partial charge in [0.25, 0.3) is 0 Å². The summed E-state index contributed by atoms with van der Waals surface area (Å²) in [5, 5.41) is 10.7. The molecule has 3 aromatic rings. The highest BCUT2D eigenvalue weighted by Crippen LogP contribution is 2.21. The molecule has 0 fully saturated rings. The molecular formula is C21H19F3N2O5. The number of carboxylic acids is 1. The van der Waals surface area contributed by atoms with Crippen LogP contribution in [0, 0.1) is 6.92 Å². The first-order valence-electron chi connectivity index (χ1n) is 8.92. The van der Waals surface area contributed by atoms with E-state index in [1.165, 1.54) is 6.07 Å². The van der Waals surface area contributed by atoms with Gasteiger partial charge >= 0.3 is 17.8 Å². The fourth-order valence-corrected chi connectivity index (χ4v) is 2.60. The van der Waals surface area contributed by atoms with Gasteiger partial charge in [-0.1, -0.05) is 30.3 Å². The van der Waals surface area contributed by atoms with Crippen molar-refractivity contribution in [1.29, 1.82) is 0 Å². The van der Waals surface area contributed by atoms with E-state index >= 15 is 0 Å². The number of aliphatic carboxylic acids is 1. The van der Waals surface area contributed by atoms with Crippen LogP contribution in [0.3, 0.4) is 0 Å². The third-order valence-electron chi connectivity index (χ3n) is 4.10. The number of rotatable bonds is 4. The van der Waals surface area contributed by atoms with Crippen molar-refractivity contribution in [2.45, 2.75) is 25.6 Å². The zero-order chi connectivity index (χ0) is 23.2. The standard InChI is InChI=1S/C19H18N2O3.C2HF3O2/c1-12-9-18(22)24-17-11-14(7-8-15(12)17)21-19(23)16(20)10-13-5-3-2-4-6-13;3-2(4,5)1(6)7/h2-9,11,16H,10,20H2,1H3,(H,21,23);(H,6,7). The number of hydrogen-bond acceptors (Lipinski definition) is 5. The third kappa shape index (κ3) is 6.96. The van der Waals surface area contributed by atoms with Gasteiger partial charge in [-0.05, 0) is 36.6 Å². The van der Waals surface area contributed by atoms with Crippen molar-refractivity contribution in [3.8, 4) is 0 Å². The van der Waals surface area contributed by atoms with Crippen LogP contribution in [0.5, 0.6) is 0 Å². The van der Waals surface area contributed by atoms with E-state index < -0.39 is 23.8 Å². The second kappa shape index (κ2) is 9.90. The summed E-state index contributed by atoms with van der Waals surface area (Å²) >= 11 is 0. The number of fused-ring (bicyclic) bond motifs is 1. The van der Waals surface area contributed by atoms with E-state index in [1.54, 1.807) is 12.1 Å². The molecule has 1 aromatic heterocycles. The lowest BCUT2D eigenvalue weighted by Gasteiger charge is -2.13. The average molecular weight is 436 g/mol. The van der Waals surface area contributed by atoms with Crippen LogP contribution in [0.1, 0.15) is 11.1 Å². The van der Waals surface area contributed by atoms with Crippen LogP contribution in [0.4, 0.5) is 18.9 Å². The molecule has 164 valence electrons. The van der Waals surface area contributed by atoms with Crippen LogP contribution in [0.2, 0.25) is 0 Å². The van der Waals surface area contributed by atoms with Crippen molar-refractivity contribution in [3.05, 3.63) is 76.1 Å². The van der Waals surface area contributed by atoms with Crippen LogP contribution in [-0.2, 0) is 16.0 Å². The highest BCUT2D eigenvalue weighted by molar-refractivity contribution is 5.96. The van der Waals surface area contributed by atoms with Crippen LogP contribution >= 0.6 is 0 Å². The quantitative estimate of drug-likeness (QED) is 0.540. The van der Waals surface area contributed by atoms with Crippen molar-refractivity contribution in [3.63, 3.8) is 0 Å². The number of nitrogens with one attached hydrogen (secondary N) is 1. The lowest BCUT2D eigenvalue weighted by Crippen LogP contribution is -2.37. The predicted molar refractivity (Wildman–Crippen MR) is 108 cm³/mol. The van der Waals surface area contributed by atoms with Crippen LogP contribution < -0.4 is 16.7 Å². The number of hydrogen-bond donors (Lipinski definition) is 3. The van der Waals surface area contributed by atoms with Gasteiger partial charge in [0, 0.05) is 23.2 Å². The van der Waals surface area contributed by atoms with Gasteiger partial charge < -0.3 is 20.6 Å². The lowest BCUT2D eigenvalue weighted by molar-refractivity contribution is -0.192. The van der Waals surface area contributed by atoms with E-state index in [-0.39, 0.29) is 5.91 Å². The van der Waals surface area contributed by atoms with Gasteiger partial charge in [0.05, 0.1) is 6.04 Å². The van der Waals surface area contributed by atoms with Gasteiger partial charge in [0.2, 0.25) is 5.91 Å². The number of carbonyl (C=O) groups excluding carboxylic acids is 1. The minimum atomic E-state index is -5.08. The van der Waals surface area contributed by atoms with Gasteiger partial charge in [-0.3, -0.25) is 4.79 Å². The van der Waals surface area contributed by atoms with E-state index in [9.17, 15) is 22.8 Å². The highest BCUT2D eigenvalue weighted by Gasteiger charge is 2.38. The molecule has 0 spiro atoms. The van der Waals surface area contributed by atoms with Crippen molar-refractivity contribution < 1.29 is 32.3 Å². The zero-order valence-corrected chi connectivity index (χ0v) is 16.3. The molecule has 7 nitrogen and oxygen atoms in total. The van der Waals surface area contributed by atoms with Crippen LogP contribution in [-0.4, -0.2) is 29.2 Å². The van der Waals surface area contributed by atoms with E-state index in [4.69, 9.17) is 20.1 Å². The molecule has 4 N–H and O–H groups in total. The number of carboxylic acid groups (broad SMARTS) is 1. The Balaban J connectivity index is 0.000000423. The summed E-state index contributed by atoms with van der Waals surface area (Å²) in [6.07, 6.45) is -4.63. The molecule has 0 aliphatic rings. The van der Waals surface area contributed by atoms with Crippen molar-refractivity contribution in [2.24, 2.45) is 5.73 Å². The molecule has 1 heterocycles. The number of nitrogens with two attached hydrogens (primary N) is 1. The SMILES string of the molecule is Cc1cc(=O)oc2cc(NC(=O)C(N)Cc3ccccc3)ccc12.O=C(O)C(F)(F)F. The van der Waals surface area contributed by atoms with Crippen LogP contribution in [0.15, 0.2) is 63.8 Å². The van der Waals surface area contributed by atoms with E-state index in [2.05, 4.69) is 5.32 Å². The van der Waals surface area contributed by atoms with Crippen LogP contribution in [0.25, 0.3) is 11.0 Å². The number of carbonyl (C=O) groups is 2. The minimum absolute atomic E-state index is 0.284. The summed E-state index contributed by atoms with van der Waals surface area (Å²) in [7, 11) is 0. The molecule has 0 saturated heterocycles. The second-order valence-electron chi connectivity index (χ2n) is 6.55. The molecular weight excluding hydrogens is 417 g/mol. The first-order valence-corrected chi connectivity index (χ1v) is 8.92. The number of alkyl halides is 3. The molecule has 0 aliphatic heterocycles. The Morgan fingerprint density at radius 3 is 2.32 bits per heavy atom. The number of anilines is 1. The number of benzene rings is 2. The Kier molecular flexibility index (Phi) is 7.54. The fraction of sp³-hybridized carbons (Fsp3) is 0.190. The first-order chi connectivity index (χ1) is 14.5. The topological polar surface area (TPSA) is 123 Å².